The van der Waals surface area contributed by atoms with Gasteiger partial charge in [0, 0.05) is 29.2 Å². The Morgan fingerprint density at radius 2 is 2.40 bits per heavy atom. The van der Waals surface area contributed by atoms with E-state index in [0.29, 0.717) is 10.8 Å². The van der Waals surface area contributed by atoms with Crippen LogP contribution in [-0.4, -0.2) is 19.6 Å². The maximum Gasteiger partial charge on any atom is 0.188 e. The number of nitrogens with zero attached hydrogens (tertiary/aromatic N) is 4. The van der Waals surface area contributed by atoms with Crippen LogP contribution in [0.15, 0.2) is 17.4 Å². The van der Waals surface area contributed by atoms with Crippen molar-refractivity contribution in [2.75, 3.05) is 5.73 Å². The summed E-state index contributed by atoms with van der Waals surface area (Å²) in [7, 11) is 0. The van der Waals surface area contributed by atoms with Gasteiger partial charge in [0.2, 0.25) is 0 Å². The number of aromatic nitrogens is 4. The van der Waals surface area contributed by atoms with Crippen molar-refractivity contribution in [2.24, 2.45) is 0 Å². The first-order valence-corrected chi connectivity index (χ1v) is 6.01. The minimum absolute atomic E-state index is 0.659. The predicted molar refractivity (Wildman–Crippen MR) is 60.7 cm³/mol. The minimum atomic E-state index is 0.659. The third kappa shape index (κ3) is 2.63. The molecule has 0 spiro atoms. The summed E-state index contributed by atoms with van der Waals surface area (Å²) in [4.78, 5) is 8.40. The van der Waals surface area contributed by atoms with E-state index in [1.807, 2.05) is 13.0 Å². The smallest absolute Gasteiger partial charge is 0.188 e. The van der Waals surface area contributed by atoms with E-state index in [2.05, 4.69) is 19.6 Å². The van der Waals surface area contributed by atoms with Crippen molar-refractivity contribution < 1.29 is 0 Å². The lowest BCUT2D eigenvalue weighted by Gasteiger charge is -1.98. The van der Waals surface area contributed by atoms with Crippen LogP contribution < -0.4 is 5.73 Å². The maximum atomic E-state index is 5.67. The highest BCUT2D eigenvalue weighted by molar-refractivity contribution is 7.98. The standard InChI is InChI=1S/C8H9N5S2/c1-5-2-3-10-8(11-5)14-4-6-7(9)15-13-12-6/h2-3H,4,9H2,1H3. The normalized spacial score (nSPS) is 10.5. The highest BCUT2D eigenvalue weighted by Crippen LogP contribution is 2.22. The molecule has 0 aromatic carbocycles. The average Bonchev–Trinajstić information content (AvgIpc) is 2.61. The van der Waals surface area contributed by atoms with E-state index in [-0.39, 0.29) is 0 Å². The van der Waals surface area contributed by atoms with E-state index in [1.165, 1.54) is 23.3 Å². The Labute approximate surface area is 95.3 Å². The zero-order chi connectivity index (χ0) is 10.7. The van der Waals surface area contributed by atoms with Crippen LogP contribution >= 0.6 is 23.3 Å². The average molecular weight is 239 g/mol. The van der Waals surface area contributed by atoms with Crippen LogP contribution in [0.1, 0.15) is 11.4 Å². The summed E-state index contributed by atoms with van der Waals surface area (Å²) in [6.07, 6.45) is 1.74. The minimum Gasteiger partial charge on any atom is -0.388 e. The fourth-order valence-electron chi connectivity index (χ4n) is 0.944. The van der Waals surface area contributed by atoms with Gasteiger partial charge in [-0.15, -0.1) is 5.10 Å². The fourth-order valence-corrected chi connectivity index (χ4v) is 2.30. The van der Waals surface area contributed by atoms with Crippen molar-refractivity contribution in [1.29, 1.82) is 0 Å². The molecular formula is C8H9N5S2. The van der Waals surface area contributed by atoms with Gasteiger partial charge >= 0.3 is 0 Å². The number of nitrogens with two attached hydrogens (primary N) is 1. The molecule has 0 aliphatic rings. The van der Waals surface area contributed by atoms with E-state index in [9.17, 15) is 0 Å². The first kappa shape index (κ1) is 10.3. The van der Waals surface area contributed by atoms with E-state index in [1.54, 1.807) is 6.20 Å². The summed E-state index contributed by atoms with van der Waals surface area (Å²) in [5, 5.41) is 5.32. The number of nitrogen functional groups attached to an aromatic ring is 1. The molecule has 0 bridgehead atoms. The van der Waals surface area contributed by atoms with Gasteiger partial charge in [-0.3, -0.25) is 0 Å². The number of hydrogen-bond donors (Lipinski definition) is 1. The van der Waals surface area contributed by atoms with Gasteiger partial charge in [-0.2, -0.15) is 0 Å². The van der Waals surface area contributed by atoms with Crippen molar-refractivity contribution in [2.45, 2.75) is 17.8 Å². The number of thioether (sulfide) groups is 1. The van der Waals surface area contributed by atoms with Gasteiger partial charge in [-0.1, -0.05) is 16.3 Å². The summed E-state index contributed by atoms with van der Waals surface area (Å²) in [6, 6.07) is 1.86. The molecule has 0 aliphatic heterocycles. The highest BCUT2D eigenvalue weighted by Gasteiger charge is 2.06. The Balaban J connectivity index is 2.02. The summed E-state index contributed by atoms with van der Waals surface area (Å²) < 4.78 is 3.76. The molecule has 78 valence electrons. The molecule has 5 nitrogen and oxygen atoms in total. The van der Waals surface area contributed by atoms with Crippen LogP contribution in [0.3, 0.4) is 0 Å². The molecule has 2 heterocycles. The number of hydrogen-bond acceptors (Lipinski definition) is 7. The molecule has 7 heteroatoms. The largest absolute Gasteiger partial charge is 0.388 e. The van der Waals surface area contributed by atoms with Crippen LogP contribution in [0, 0.1) is 6.92 Å². The lowest BCUT2D eigenvalue weighted by molar-refractivity contribution is 0.930. The Hall–Kier alpha value is -1.21. The van der Waals surface area contributed by atoms with Crippen LogP contribution in [0.2, 0.25) is 0 Å². The molecule has 0 aliphatic carbocycles. The van der Waals surface area contributed by atoms with E-state index >= 15 is 0 Å². The molecule has 0 atom stereocenters. The van der Waals surface area contributed by atoms with Gasteiger partial charge < -0.3 is 5.73 Å². The van der Waals surface area contributed by atoms with Gasteiger partial charge in [-0.25, -0.2) is 9.97 Å². The first-order valence-electron chi connectivity index (χ1n) is 4.25. The molecule has 0 radical (unpaired) electrons. The molecule has 0 fully saturated rings. The van der Waals surface area contributed by atoms with E-state index in [0.717, 1.165) is 16.5 Å². The van der Waals surface area contributed by atoms with Crippen LogP contribution in [0.25, 0.3) is 0 Å². The second-order valence-electron chi connectivity index (χ2n) is 2.85. The van der Waals surface area contributed by atoms with E-state index < -0.39 is 0 Å². The van der Waals surface area contributed by atoms with Crippen molar-refractivity contribution >= 4 is 28.3 Å². The van der Waals surface area contributed by atoms with Crippen LogP contribution in [-0.2, 0) is 5.75 Å². The van der Waals surface area contributed by atoms with Gasteiger partial charge in [0.15, 0.2) is 5.16 Å². The topological polar surface area (TPSA) is 77.6 Å². The van der Waals surface area contributed by atoms with E-state index in [4.69, 9.17) is 5.73 Å². The number of anilines is 1. The lowest BCUT2D eigenvalue weighted by atomic mass is 10.5. The lowest BCUT2D eigenvalue weighted by Crippen LogP contribution is -1.92. The molecular weight excluding hydrogens is 230 g/mol. The Morgan fingerprint density at radius 1 is 1.53 bits per heavy atom. The SMILES string of the molecule is Cc1ccnc(SCc2nnsc2N)n1. The van der Waals surface area contributed by atoms with Gasteiger partial charge in [0.1, 0.15) is 10.7 Å². The summed E-state index contributed by atoms with van der Waals surface area (Å²) >= 11 is 2.71. The molecule has 0 amide bonds. The molecule has 2 aromatic heterocycles. The predicted octanol–water partition coefficient (Wildman–Crippen LogP) is 1.51. The second kappa shape index (κ2) is 4.54. The molecule has 2 rings (SSSR count). The highest BCUT2D eigenvalue weighted by atomic mass is 32.2. The number of rotatable bonds is 3. The third-order valence-corrected chi connectivity index (χ3v) is 3.16. The molecule has 15 heavy (non-hydrogen) atoms. The van der Waals surface area contributed by atoms with Crippen LogP contribution in [0.5, 0.6) is 0 Å². The quantitative estimate of drug-likeness (QED) is 0.646. The monoisotopic (exact) mass is 239 g/mol. The molecule has 0 unspecified atom stereocenters. The van der Waals surface area contributed by atoms with Crippen molar-refractivity contribution in [3.05, 3.63) is 23.7 Å². The third-order valence-electron chi connectivity index (χ3n) is 1.70. The van der Waals surface area contributed by atoms with Crippen molar-refractivity contribution in [3.63, 3.8) is 0 Å². The Bertz CT molecular complexity index is 456. The van der Waals surface area contributed by atoms with Gasteiger partial charge in [0.25, 0.3) is 0 Å². The number of aryl methyl sites for hydroxylation is 1. The second-order valence-corrected chi connectivity index (χ2v) is 4.58. The zero-order valence-corrected chi connectivity index (χ0v) is 9.68. The first-order chi connectivity index (χ1) is 7.25. The molecule has 0 saturated heterocycles. The maximum absolute atomic E-state index is 5.67. The van der Waals surface area contributed by atoms with Crippen molar-refractivity contribution in [3.8, 4) is 0 Å². The molecule has 2 N–H and O–H groups in total. The van der Waals surface area contributed by atoms with Gasteiger partial charge in [-0.05, 0) is 13.0 Å². The van der Waals surface area contributed by atoms with Crippen molar-refractivity contribution in [1.82, 2.24) is 19.6 Å². The summed E-state index contributed by atoms with van der Waals surface area (Å²) in [5.74, 6) is 0.659. The Morgan fingerprint density at radius 3 is 3.07 bits per heavy atom. The fraction of sp³-hybridized carbons (Fsp3) is 0.250. The zero-order valence-electron chi connectivity index (χ0n) is 8.04. The molecule has 2 aromatic rings. The molecule has 0 saturated carbocycles. The van der Waals surface area contributed by atoms with Crippen LogP contribution in [0.4, 0.5) is 5.00 Å². The summed E-state index contributed by atoms with van der Waals surface area (Å²) in [6.45, 7) is 1.94. The summed E-state index contributed by atoms with van der Waals surface area (Å²) in [5.41, 5.74) is 7.43. The van der Waals surface area contributed by atoms with Gasteiger partial charge in [0.05, 0.1) is 0 Å². The Kier molecular flexibility index (Phi) is 3.12.